The van der Waals surface area contributed by atoms with Crippen LogP contribution in [0, 0.1) is 0 Å². The molecule has 0 unspecified atom stereocenters. The maximum atomic E-state index is 9.08. The minimum absolute atomic E-state index is 0.604. The molecule has 1 heterocycles. The van der Waals surface area contributed by atoms with Crippen LogP contribution >= 0.6 is 11.8 Å². The number of pyridine rings is 1. The molecule has 0 saturated heterocycles. The summed E-state index contributed by atoms with van der Waals surface area (Å²) in [6.45, 7) is 3.18. The molecular formula is C18H19NO3S2. The van der Waals surface area contributed by atoms with Gasteiger partial charge in [-0.3, -0.25) is 0 Å². The number of aromatic nitrogens is 1. The summed E-state index contributed by atoms with van der Waals surface area (Å²) in [7, 11) is -3.92. The Kier molecular flexibility index (Phi) is 6.36. The fourth-order valence-electron chi connectivity index (χ4n) is 2.27. The standard InChI is InChI=1S/C17H16NS.CH4O3S/c1-2-18-16-11-7-6-8-14(16)12-13-17(18)19-15-9-4-3-5-10-15;1-5(2,3)4/h3-13H,2H2,1H3;1H3,(H,2,3,4)/q+1;/p-1. The molecule has 24 heavy (non-hydrogen) atoms. The molecule has 0 N–H and O–H groups in total. The molecule has 0 atom stereocenters. The largest absolute Gasteiger partial charge is 0.748 e. The number of hydrogen-bond donors (Lipinski definition) is 0. The SMILES string of the molecule is CC[n+]1c(Sc2ccccc2)ccc2ccccc21.CS(=O)(=O)[O-]. The first-order chi connectivity index (χ1) is 11.4. The van der Waals surface area contributed by atoms with Gasteiger partial charge in [0, 0.05) is 28.7 Å². The predicted molar refractivity (Wildman–Crippen MR) is 96.0 cm³/mol. The number of para-hydroxylation sites is 1. The maximum absolute atomic E-state index is 9.08. The van der Waals surface area contributed by atoms with Crippen molar-refractivity contribution in [3.63, 3.8) is 0 Å². The van der Waals surface area contributed by atoms with Crippen molar-refractivity contribution in [1.29, 1.82) is 0 Å². The van der Waals surface area contributed by atoms with Gasteiger partial charge in [-0.05, 0) is 43.0 Å². The van der Waals surface area contributed by atoms with Crippen LogP contribution in [0.5, 0.6) is 0 Å². The summed E-state index contributed by atoms with van der Waals surface area (Å²) in [5.41, 5.74) is 1.30. The average molecular weight is 361 g/mol. The van der Waals surface area contributed by atoms with E-state index in [0.29, 0.717) is 6.26 Å². The number of nitrogens with zero attached hydrogens (tertiary/aromatic N) is 1. The van der Waals surface area contributed by atoms with E-state index in [2.05, 4.69) is 78.2 Å². The third-order valence-electron chi connectivity index (χ3n) is 3.18. The Bertz CT molecular complexity index is 902. The number of aryl methyl sites for hydroxylation is 1. The molecule has 0 amide bonds. The van der Waals surface area contributed by atoms with Crippen LogP contribution in [0.25, 0.3) is 10.9 Å². The van der Waals surface area contributed by atoms with E-state index in [9.17, 15) is 0 Å². The summed E-state index contributed by atoms with van der Waals surface area (Å²) in [4.78, 5) is 1.28. The van der Waals surface area contributed by atoms with Crippen molar-refractivity contribution in [3.05, 3.63) is 66.7 Å². The Balaban J connectivity index is 0.000000368. The van der Waals surface area contributed by atoms with E-state index in [4.69, 9.17) is 13.0 Å². The van der Waals surface area contributed by atoms with Gasteiger partial charge < -0.3 is 4.55 Å². The van der Waals surface area contributed by atoms with Crippen molar-refractivity contribution in [2.24, 2.45) is 0 Å². The number of fused-ring (bicyclic) bond motifs is 1. The number of hydrogen-bond acceptors (Lipinski definition) is 4. The van der Waals surface area contributed by atoms with Crippen LogP contribution in [0.1, 0.15) is 6.92 Å². The zero-order chi connectivity index (χ0) is 17.6. The predicted octanol–water partition coefficient (Wildman–Crippen LogP) is 3.46. The maximum Gasteiger partial charge on any atom is 0.245 e. The zero-order valence-corrected chi connectivity index (χ0v) is 15.2. The van der Waals surface area contributed by atoms with Gasteiger partial charge >= 0.3 is 0 Å². The normalized spacial score (nSPS) is 11.0. The van der Waals surface area contributed by atoms with E-state index >= 15 is 0 Å². The fourth-order valence-corrected chi connectivity index (χ4v) is 3.28. The molecule has 4 nitrogen and oxygen atoms in total. The summed E-state index contributed by atoms with van der Waals surface area (Å²) in [6, 6.07) is 23.5. The third kappa shape index (κ3) is 5.63. The molecule has 1 aromatic heterocycles. The molecule has 2 aromatic carbocycles. The van der Waals surface area contributed by atoms with E-state index in [0.717, 1.165) is 6.54 Å². The summed E-state index contributed by atoms with van der Waals surface area (Å²) < 4.78 is 29.6. The van der Waals surface area contributed by atoms with E-state index in [1.165, 1.54) is 20.8 Å². The van der Waals surface area contributed by atoms with Gasteiger partial charge in [-0.2, -0.15) is 4.57 Å². The highest BCUT2D eigenvalue weighted by molar-refractivity contribution is 7.99. The van der Waals surface area contributed by atoms with E-state index in [-0.39, 0.29) is 0 Å². The molecule has 3 rings (SSSR count). The van der Waals surface area contributed by atoms with Crippen molar-refractivity contribution in [2.45, 2.75) is 23.4 Å². The Morgan fingerprint density at radius 2 is 1.54 bits per heavy atom. The second-order valence-corrected chi connectivity index (χ2v) is 7.60. The summed E-state index contributed by atoms with van der Waals surface area (Å²) in [5, 5.41) is 2.58. The lowest BCUT2D eigenvalue weighted by Gasteiger charge is -2.05. The Hall–Kier alpha value is -1.89. The molecule has 0 spiro atoms. The van der Waals surface area contributed by atoms with E-state index in [1.54, 1.807) is 0 Å². The second kappa shape index (κ2) is 8.28. The van der Waals surface area contributed by atoms with Crippen molar-refractivity contribution in [1.82, 2.24) is 0 Å². The number of benzene rings is 2. The molecule has 0 aliphatic rings. The smallest absolute Gasteiger partial charge is 0.245 e. The van der Waals surface area contributed by atoms with Crippen molar-refractivity contribution in [2.75, 3.05) is 6.26 Å². The molecule has 0 saturated carbocycles. The van der Waals surface area contributed by atoms with Gasteiger partial charge in [0.25, 0.3) is 0 Å². The minimum atomic E-state index is -3.92. The highest BCUT2D eigenvalue weighted by Gasteiger charge is 2.14. The van der Waals surface area contributed by atoms with Crippen LogP contribution < -0.4 is 4.57 Å². The van der Waals surface area contributed by atoms with Crippen LogP contribution in [0.3, 0.4) is 0 Å². The molecule has 0 fully saturated rings. The lowest BCUT2D eigenvalue weighted by Crippen LogP contribution is -2.35. The molecule has 126 valence electrons. The Labute approximate surface area is 146 Å². The first-order valence-corrected chi connectivity index (χ1v) is 10.1. The Morgan fingerprint density at radius 3 is 2.17 bits per heavy atom. The van der Waals surface area contributed by atoms with E-state index < -0.39 is 10.1 Å². The van der Waals surface area contributed by atoms with Crippen molar-refractivity contribution >= 4 is 32.8 Å². The monoisotopic (exact) mass is 361 g/mol. The van der Waals surface area contributed by atoms with Crippen LogP contribution in [0.4, 0.5) is 0 Å². The van der Waals surface area contributed by atoms with Crippen LogP contribution in [-0.2, 0) is 16.7 Å². The van der Waals surface area contributed by atoms with Gasteiger partial charge in [-0.15, -0.1) is 0 Å². The highest BCUT2D eigenvalue weighted by Crippen LogP contribution is 2.26. The van der Waals surface area contributed by atoms with Gasteiger partial charge in [0.2, 0.25) is 10.5 Å². The molecule has 3 aromatic rings. The summed E-state index contributed by atoms with van der Waals surface area (Å²) in [6.07, 6.45) is 0.604. The fraction of sp³-hybridized carbons (Fsp3) is 0.167. The second-order valence-electron chi connectivity index (χ2n) is 5.09. The van der Waals surface area contributed by atoms with Gasteiger partial charge in [0.05, 0.1) is 10.1 Å². The van der Waals surface area contributed by atoms with Crippen LogP contribution in [0.2, 0.25) is 0 Å². The highest BCUT2D eigenvalue weighted by atomic mass is 32.2. The topological polar surface area (TPSA) is 61.1 Å². The quantitative estimate of drug-likeness (QED) is 0.529. The first kappa shape index (κ1) is 18.4. The lowest BCUT2D eigenvalue weighted by atomic mass is 10.2. The average Bonchev–Trinajstić information content (AvgIpc) is 2.54. The van der Waals surface area contributed by atoms with Crippen LogP contribution in [0.15, 0.2) is 76.7 Å². The molecule has 0 bridgehead atoms. The zero-order valence-electron chi connectivity index (χ0n) is 13.5. The summed E-state index contributed by atoms with van der Waals surface area (Å²) in [5.74, 6) is 0. The molecule has 6 heteroatoms. The Morgan fingerprint density at radius 1 is 0.958 bits per heavy atom. The minimum Gasteiger partial charge on any atom is -0.748 e. The van der Waals surface area contributed by atoms with Gasteiger partial charge in [-0.1, -0.05) is 30.3 Å². The molecule has 0 aliphatic carbocycles. The van der Waals surface area contributed by atoms with E-state index in [1.807, 2.05) is 11.8 Å². The lowest BCUT2D eigenvalue weighted by molar-refractivity contribution is -0.704. The summed E-state index contributed by atoms with van der Waals surface area (Å²) >= 11 is 1.82. The van der Waals surface area contributed by atoms with Crippen molar-refractivity contribution < 1.29 is 17.5 Å². The first-order valence-electron chi connectivity index (χ1n) is 7.44. The van der Waals surface area contributed by atoms with Crippen LogP contribution in [-0.4, -0.2) is 19.2 Å². The molecule has 0 aliphatic heterocycles. The van der Waals surface area contributed by atoms with Crippen molar-refractivity contribution in [3.8, 4) is 0 Å². The third-order valence-corrected chi connectivity index (χ3v) is 4.25. The van der Waals surface area contributed by atoms with Gasteiger partial charge in [0.15, 0.2) is 0 Å². The molecular weight excluding hydrogens is 342 g/mol. The number of rotatable bonds is 3. The van der Waals surface area contributed by atoms with Gasteiger partial charge in [-0.25, -0.2) is 8.42 Å². The van der Waals surface area contributed by atoms with Gasteiger partial charge in [0.1, 0.15) is 6.54 Å². The molecule has 0 radical (unpaired) electrons.